The molecule has 0 N–H and O–H groups in total. The van der Waals surface area contributed by atoms with Crippen molar-refractivity contribution in [3.8, 4) is 0 Å². The topological polar surface area (TPSA) is 21.6 Å². The van der Waals surface area contributed by atoms with Crippen LogP contribution in [0.2, 0.25) is 0 Å². The van der Waals surface area contributed by atoms with Crippen LogP contribution in [0.3, 0.4) is 0 Å². The molecule has 1 saturated carbocycles. The molecule has 9 heavy (non-hydrogen) atoms. The lowest BCUT2D eigenvalue weighted by Gasteiger charge is -2.25. The molecule has 0 amide bonds. The van der Waals surface area contributed by atoms with Crippen molar-refractivity contribution in [1.29, 1.82) is 0 Å². The quantitative estimate of drug-likeness (QED) is 0.518. The van der Waals surface area contributed by atoms with Gasteiger partial charge in [-0.15, -0.1) is 0 Å². The average molecular weight is 127 g/mol. The van der Waals surface area contributed by atoms with Crippen molar-refractivity contribution >= 4 is 5.71 Å². The Morgan fingerprint density at radius 3 is 2.78 bits per heavy atom. The Hall–Kier alpha value is -0.530. The molecule has 1 rings (SSSR count). The number of nitrogens with zero attached hydrogens (tertiary/aromatic N) is 1. The van der Waals surface area contributed by atoms with Crippen LogP contribution in [0.1, 0.15) is 26.2 Å². The SMILES string of the molecule is CCC1CC(=NOC)C1. The highest BCUT2D eigenvalue weighted by Crippen LogP contribution is 2.26. The van der Waals surface area contributed by atoms with E-state index in [0.717, 1.165) is 18.8 Å². The van der Waals surface area contributed by atoms with E-state index in [9.17, 15) is 0 Å². The van der Waals surface area contributed by atoms with Crippen LogP contribution in [0, 0.1) is 5.92 Å². The van der Waals surface area contributed by atoms with Gasteiger partial charge in [-0.3, -0.25) is 0 Å². The highest BCUT2D eigenvalue weighted by molar-refractivity contribution is 5.89. The van der Waals surface area contributed by atoms with Gasteiger partial charge in [-0.2, -0.15) is 0 Å². The van der Waals surface area contributed by atoms with E-state index in [4.69, 9.17) is 0 Å². The first-order valence-corrected chi connectivity index (χ1v) is 3.45. The number of hydrogen-bond donors (Lipinski definition) is 0. The maximum Gasteiger partial charge on any atom is 0.106 e. The van der Waals surface area contributed by atoms with E-state index in [1.54, 1.807) is 7.11 Å². The lowest BCUT2D eigenvalue weighted by atomic mass is 9.82. The van der Waals surface area contributed by atoms with Gasteiger partial charge in [0, 0.05) is 0 Å². The lowest BCUT2D eigenvalue weighted by molar-refractivity contribution is 0.206. The van der Waals surface area contributed by atoms with E-state index in [1.807, 2.05) is 0 Å². The molecule has 1 fully saturated rings. The monoisotopic (exact) mass is 127 g/mol. The van der Waals surface area contributed by atoms with Crippen LogP contribution in [0.15, 0.2) is 5.16 Å². The van der Waals surface area contributed by atoms with Crippen LogP contribution in [-0.4, -0.2) is 12.8 Å². The van der Waals surface area contributed by atoms with Crippen molar-refractivity contribution in [2.24, 2.45) is 11.1 Å². The molecule has 0 bridgehead atoms. The van der Waals surface area contributed by atoms with Crippen molar-refractivity contribution in [3.63, 3.8) is 0 Å². The molecular weight excluding hydrogens is 114 g/mol. The Labute approximate surface area is 55.9 Å². The first-order chi connectivity index (χ1) is 4.36. The second-order valence-corrected chi connectivity index (χ2v) is 2.52. The summed E-state index contributed by atoms with van der Waals surface area (Å²) in [5, 5.41) is 3.84. The Kier molecular flexibility index (Phi) is 2.09. The molecule has 0 unspecified atom stereocenters. The molecule has 0 aliphatic heterocycles. The molecule has 0 spiro atoms. The summed E-state index contributed by atoms with van der Waals surface area (Å²) in [5.74, 6) is 0.888. The summed E-state index contributed by atoms with van der Waals surface area (Å²) < 4.78 is 0. The van der Waals surface area contributed by atoms with E-state index >= 15 is 0 Å². The van der Waals surface area contributed by atoms with Crippen LogP contribution in [0.25, 0.3) is 0 Å². The van der Waals surface area contributed by atoms with Crippen molar-refractivity contribution in [1.82, 2.24) is 0 Å². The Morgan fingerprint density at radius 2 is 2.33 bits per heavy atom. The number of oxime groups is 1. The summed E-state index contributed by atoms with van der Waals surface area (Å²) >= 11 is 0. The molecule has 2 heteroatoms. The Bertz CT molecular complexity index is 112. The van der Waals surface area contributed by atoms with E-state index in [2.05, 4.69) is 16.9 Å². The predicted molar refractivity (Wildman–Crippen MR) is 37.5 cm³/mol. The molecule has 0 saturated heterocycles. The zero-order valence-electron chi connectivity index (χ0n) is 6.05. The van der Waals surface area contributed by atoms with Crippen molar-refractivity contribution in [2.75, 3.05) is 7.11 Å². The fourth-order valence-corrected chi connectivity index (χ4v) is 1.10. The van der Waals surface area contributed by atoms with Gasteiger partial charge in [-0.1, -0.05) is 18.5 Å². The molecular formula is C7H13NO. The van der Waals surface area contributed by atoms with Gasteiger partial charge in [0.2, 0.25) is 0 Å². The maximum atomic E-state index is 4.63. The second-order valence-electron chi connectivity index (χ2n) is 2.52. The normalized spacial score (nSPS) is 25.1. The summed E-state index contributed by atoms with van der Waals surface area (Å²) in [4.78, 5) is 4.63. The number of rotatable bonds is 2. The lowest BCUT2D eigenvalue weighted by Crippen LogP contribution is -2.22. The highest BCUT2D eigenvalue weighted by Gasteiger charge is 2.22. The summed E-state index contributed by atoms with van der Waals surface area (Å²) in [5.41, 5.74) is 1.23. The van der Waals surface area contributed by atoms with Crippen LogP contribution < -0.4 is 0 Å². The Balaban J connectivity index is 2.18. The molecule has 0 aromatic heterocycles. The van der Waals surface area contributed by atoms with Crippen LogP contribution >= 0.6 is 0 Å². The van der Waals surface area contributed by atoms with Gasteiger partial charge in [0.15, 0.2) is 0 Å². The molecule has 1 aliphatic rings. The summed E-state index contributed by atoms with van der Waals surface area (Å²) in [6, 6.07) is 0. The minimum absolute atomic E-state index is 0.888. The van der Waals surface area contributed by atoms with E-state index in [0.29, 0.717) is 0 Å². The first-order valence-electron chi connectivity index (χ1n) is 3.45. The van der Waals surface area contributed by atoms with E-state index in [-0.39, 0.29) is 0 Å². The minimum atomic E-state index is 0.888. The van der Waals surface area contributed by atoms with Crippen LogP contribution in [0.4, 0.5) is 0 Å². The summed E-state index contributed by atoms with van der Waals surface area (Å²) in [7, 11) is 1.60. The molecule has 0 aromatic carbocycles. The second kappa shape index (κ2) is 2.85. The number of hydrogen-bond acceptors (Lipinski definition) is 2. The largest absolute Gasteiger partial charge is 0.399 e. The minimum Gasteiger partial charge on any atom is -0.399 e. The van der Waals surface area contributed by atoms with Crippen LogP contribution in [-0.2, 0) is 4.84 Å². The standard InChI is InChI=1S/C7H13NO/c1-3-6-4-7(5-6)8-9-2/h6H,3-5H2,1-2H3. The smallest absolute Gasteiger partial charge is 0.106 e. The average Bonchev–Trinajstić information content (AvgIpc) is 1.77. The third-order valence-corrected chi connectivity index (χ3v) is 1.85. The molecule has 0 heterocycles. The zero-order valence-corrected chi connectivity index (χ0v) is 6.05. The zero-order chi connectivity index (χ0) is 6.69. The first kappa shape index (κ1) is 6.59. The third-order valence-electron chi connectivity index (χ3n) is 1.85. The fourth-order valence-electron chi connectivity index (χ4n) is 1.10. The van der Waals surface area contributed by atoms with E-state index in [1.165, 1.54) is 12.1 Å². The molecule has 0 radical (unpaired) electrons. The van der Waals surface area contributed by atoms with Gasteiger partial charge in [0.05, 0.1) is 5.71 Å². The van der Waals surface area contributed by atoms with Crippen LogP contribution in [0.5, 0.6) is 0 Å². The van der Waals surface area contributed by atoms with Gasteiger partial charge >= 0.3 is 0 Å². The molecule has 2 nitrogen and oxygen atoms in total. The highest BCUT2D eigenvalue weighted by atomic mass is 16.6. The molecule has 1 aliphatic carbocycles. The maximum absolute atomic E-state index is 4.63. The van der Waals surface area contributed by atoms with Gasteiger partial charge in [0.1, 0.15) is 7.11 Å². The predicted octanol–water partition coefficient (Wildman–Crippen LogP) is 1.81. The Morgan fingerprint density at radius 1 is 1.67 bits per heavy atom. The fraction of sp³-hybridized carbons (Fsp3) is 0.857. The third kappa shape index (κ3) is 1.44. The van der Waals surface area contributed by atoms with Crippen molar-refractivity contribution < 1.29 is 4.84 Å². The van der Waals surface area contributed by atoms with Gasteiger partial charge in [-0.25, -0.2) is 0 Å². The van der Waals surface area contributed by atoms with Gasteiger partial charge < -0.3 is 4.84 Å². The van der Waals surface area contributed by atoms with Gasteiger partial charge in [0.25, 0.3) is 0 Å². The molecule has 52 valence electrons. The van der Waals surface area contributed by atoms with Gasteiger partial charge in [-0.05, 0) is 18.8 Å². The molecule has 0 aromatic rings. The van der Waals surface area contributed by atoms with E-state index < -0.39 is 0 Å². The summed E-state index contributed by atoms with van der Waals surface area (Å²) in [6.07, 6.45) is 3.59. The molecule has 0 atom stereocenters. The summed E-state index contributed by atoms with van der Waals surface area (Å²) in [6.45, 7) is 2.22. The van der Waals surface area contributed by atoms with Crippen molar-refractivity contribution in [3.05, 3.63) is 0 Å². The van der Waals surface area contributed by atoms with Crippen molar-refractivity contribution in [2.45, 2.75) is 26.2 Å².